The summed E-state index contributed by atoms with van der Waals surface area (Å²) in [6, 6.07) is 9.47. The van der Waals surface area contributed by atoms with Gasteiger partial charge in [0.25, 0.3) is 0 Å². The van der Waals surface area contributed by atoms with Gasteiger partial charge >= 0.3 is 0 Å². The van der Waals surface area contributed by atoms with Crippen molar-refractivity contribution in [2.75, 3.05) is 0 Å². The SMILES string of the molecule is CC(=O)C(Sc1ccccc1)C(C)=O.[Cr]. The van der Waals surface area contributed by atoms with Gasteiger partial charge < -0.3 is 0 Å². The van der Waals surface area contributed by atoms with Crippen LogP contribution in [-0.2, 0) is 27.0 Å². The fourth-order valence-corrected chi connectivity index (χ4v) is 2.01. The number of ketones is 2. The molecule has 0 amide bonds. The van der Waals surface area contributed by atoms with Crippen molar-refractivity contribution in [3.63, 3.8) is 0 Å². The third kappa shape index (κ3) is 4.66. The maximum Gasteiger partial charge on any atom is 0.150 e. The minimum atomic E-state index is -0.558. The van der Waals surface area contributed by atoms with Gasteiger partial charge in [0.05, 0.1) is 0 Å². The molecule has 4 heteroatoms. The normalized spacial score (nSPS) is 9.53. The summed E-state index contributed by atoms with van der Waals surface area (Å²) < 4.78 is 0. The molecule has 0 aliphatic heterocycles. The maximum absolute atomic E-state index is 11.1. The van der Waals surface area contributed by atoms with Crippen LogP contribution in [0.15, 0.2) is 35.2 Å². The van der Waals surface area contributed by atoms with Gasteiger partial charge in [-0.05, 0) is 26.0 Å². The molecule has 0 heterocycles. The van der Waals surface area contributed by atoms with Gasteiger partial charge in [0.1, 0.15) is 5.25 Å². The molecule has 0 aliphatic carbocycles. The summed E-state index contributed by atoms with van der Waals surface area (Å²) in [5.74, 6) is -0.183. The van der Waals surface area contributed by atoms with Gasteiger partial charge in [-0.3, -0.25) is 9.59 Å². The zero-order valence-electron chi connectivity index (χ0n) is 8.60. The molecule has 0 spiro atoms. The van der Waals surface area contributed by atoms with E-state index < -0.39 is 5.25 Å². The molecule has 0 saturated heterocycles. The van der Waals surface area contributed by atoms with Crippen LogP contribution < -0.4 is 0 Å². The standard InChI is InChI=1S/C11H12O2S.Cr/c1-8(12)11(9(2)13)14-10-6-4-3-5-7-10;/h3-7,11H,1-2H3;. The van der Waals surface area contributed by atoms with Gasteiger partial charge in [-0.25, -0.2) is 0 Å². The first-order chi connectivity index (χ1) is 6.61. The van der Waals surface area contributed by atoms with E-state index in [1.165, 1.54) is 25.6 Å². The molecule has 0 unspecified atom stereocenters. The Balaban J connectivity index is 0.00000196. The molecule has 0 N–H and O–H groups in total. The van der Waals surface area contributed by atoms with Gasteiger partial charge in [0.2, 0.25) is 0 Å². The van der Waals surface area contributed by atoms with Gasteiger partial charge in [0, 0.05) is 22.3 Å². The molecule has 0 atom stereocenters. The third-order valence-electron chi connectivity index (χ3n) is 1.74. The predicted octanol–water partition coefficient (Wildman–Crippen LogP) is 2.32. The molecule has 1 aromatic carbocycles. The second kappa shape index (κ2) is 6.84. The van der Waals surface area contributed by atoms with Crippen LogP contribution in [0.1, 0.15) is 13.8 Å². The molecule has 0 aliphatic rings. The van der Waals surface area contributed by atoms with E-state index in [4.69, 9.17) is 0 Å². The summed E-state index contributed by atoms with van der Waals surface area (Å²) in [5, 5.41) is -0.558. The first-order valence-electron chi connectivity index (χ1n) is 4.34. The average molecular weight is 260 g/mol. The fraction of sp³-hybridized carbons (Fsp3) is 0.273. The number of Topliss-reactive ketones (excluding diaryl/α,β-unsaturated/α-hetero) is 2. The van der Waals surface area contributed by atoms with E-state index in [0.29, 0.717) is 0 Å². The number of benzene rings is 1. The Bertz CT molecular complexity index is 324. The van der Waals surface area contributed by atoms with E-state index in [2.05, 4.69) is 0 Å². The van der Waals surface area contributed by atoms with E-state index in [1.807, 2.05) is 30.3 Å². The Morgan fingerprint density at radius 2 is 1.53 bits per heavy atom. The van der Waals surface area contributed by atoms with Crippen molar-refractivity contribution in [2.24, 2.45) is 0 Å². The van der Waals surface area contributed by atoms with Crippen LogP contribution in [0.3, 0.4) is 0 Å². The number of carbonyl (C=O) groups is 2. The third-order valence-corrected chi connectivity index (χ3v) is 3.18. The van der Waals surface area contributed by atoms with Crippen molar-refractivity contribution >= 4 is 23.3 Å². The molecule has 0 radical (unpaired) electrons. The molecular formula is C11H12CrO2S. The van der Waals surface area contributed by atoms with Crippen molar-refractivity contribution < 1.29 is 27.0 Å². The first kappa shape index (κ1) is 14.4. The van der Waals surface area contributed by atoms with Crippen molar-refractivity contribution in [1.29, 1.82) is 0 Å². The molecule has 80 valence electrons. The molecule has 2 nitrogen and oxygen atoms in total. The number of rotatable bonds is 4. The molecule has 0 aromatic heterocycles. The molecule has 0 bridgehead atoms. The second-order valence-electron chi connectivity index (χ2n) is 3.03. The fourth-order valence-electron chi connectivity index (χ4n) is 1.09. The van der Waals surface area contributed by atoms with Crippen LogP contribution in [0.4, 0.5) is 0 Å². The number of hydrogen-bond acceptors (Lipinski definition) is 3. The largest absolute Gasteiger partial charge is 0.298 e. The van der Waals surface area contributed by atoms with Gasteiger partial charge in [-0.2, -0.15) is 0 Å². The quantitative estimate of drug-likeness (QED) is 0.615. The second-order valence-corrected chi connectivity index (χ2v) is 4.21. The summed E-state index contributed by atoms with van der Waals surface area (Å²) in [5.41, 5.74) is 0. The number of thioether (sulfide) groups is 1. The van der Waals surface area contributed by atoms with E-state index in [0.717, 1.165) is 4.90 Å². The smallest absolute Gasteiger partial charge is 0.150 e. The van der Waals surface area contributed by atoms with Crippen molar-refractivity contribution in [3.8, 4) is 0 Å². The Kier molecular flexibility index (Phi) is 6.59. The van der Waals surface area contributed by atoms with E-state index in [9.17, 15) is 9.59 Å². The maximum atomic E-state index is 11.1. The summed E-state index contributed by atoms with van der Waals surface area (Å²) in [6.45, 7) is 2.89. The van der Waals surface area contributed by atoms with Crippen LogP contribution in [0.25, 0.3) is 0 Å². The molecule has 0 fully saturated rings. The van der Waals surface area contributed by atoms with E-state index in [1.54, 1.807) is 0 Å². The summed E-state index contributed by atoms with van der Waals surface area (Å²) in [7, 11) is 0. The molecular weight excluding hydrogens is 248 g/mol. The summed E-state index contributed by atoms with van der Waals surface area (Å²) in [4.78, 5) is 23.2. The van der Waals surface area contributed by atoms with Crippen molar-refractivity contribution in [1.82, 2.24) is 0 Å². The Labute approximate surface area is 105 Å². The minimum absolute atomic E-state index is 0. The average Bonchev–Trinajstić information content (AvgIpc) is 2.15. The van der Waals surface area contributed by atoms with Gasteiger partial charge in [-0.1, -0.05) is 18.2 Å². The monoisotopic (exact) mass is 260 g/mol. The van der Waals surface area contributed by atoms with Crippen LogP contribution >= 0.6 is 11.8 Å². The number of carbonyl (C=O) groups excluding carboxylic acids is 2. The van der Waals surface area contributed by atoms with Crippen LogP contribution in [0.5, 0.6) is 0 Å². The molecule has 1 rings (SSSR count). The van der Waals surface area contributed by atoms with Crippen LogP contribution in [0.2, 0.25) is 0 Å². The minimum Gasteiger partial charge on any atom is -0.298 e. The van der Waals surface area contributed by atoms with Crippen molar-refractivity contribution in [3.05, 3.63) is 30.3 Å². The Morgan fingerprint density at radius 3 is 1.93 bits per heavy atom. The first-order valence-corrected chi connectivity index (χ1v) is 5.22. The Hall–Kier alpha value is -0.558. The summed E-state index contributed by atoms with van der Waals surface area (Å²) in [6.07, 6.45) is 0. The summed E-state index contributed by atoms with van der Waals surface area (Å²) >= 11 is 1.31. The zero-order chi connectivity index (χ0) is 10.6. The van der Waals surface area contributed by atoms with Crippen LogP contribution in [-0.4, -0.2) is 16.8 Å². The van der Waals surface area contributed by atoms with Crippen LogP contribution in [0, 0.1) is 0 Å². The molecule has 1 aromatic rings. The zero-order valence-corrected chi connectivity index (χ0v) is 10.7. The molecule has 0 saturated carbocycles. The Morgan fingerprint density at radius 1 is 1.07 bits per heavy atom. The number of hydrogen-bond donors (Lipinski definition) is 0. The molecule has 15 heavy (non-hydrogen) atoms. The topological polar surface area (TPSA) is 34.1 Å². The van der Waals surface area contributed by atoms with E-state index in [-0.39, 0.29) is 28.9 Å². The van der Waals surface area contributed by atoms with Crippen molar-refractivity contribution in [2.45, 2.75) is 24.0 Å². The predicted molar refractivity (Wildman–Crippen MR) is 57.4 cm³/mol. The van der Waals surface area contributed by atoms with Gasteiger partial charge in [0.15, 0.2) is 11.6 Å². The van der Waals surface area contributed by atoms with E-state index >= 15 is 0 Å². The van der Waals surface area contributed by atoms with Gasteiger partial charge in [-0.15, -0.1) is 11.8 Å².